The number of carbonyl (C=O) groups is 1. The smallest absolute Gasteiger partial charge is 0.244 e. The number of sulfonamides is 1. The van der Waals surface area contributed by atoms with E-state index < -0.39 is 10.0 Å². The third-order valence-corrected chi connectivity index (χ3v) is 6.23. The van der Waals surface area contributed by atoms with Crippen LogP contribution < -0.4 is 0 Å². The quantitative estimate of drug-likeness (QED) is 0.785. The zero-order valence-corrected chi connectivity index (χ0v) is 16.0. The van der Waals surface area contributed by atoms with Crippen molar-refractivity contribution in [3.8, 4) is 0 Å². The van der Waals surface area contributed by atoms with Gasteiger partial charge in [-0.15, -0.1) is 0 Å². The van der Waals surface area contributed by atoms with Gasteiger partial charge < -0.3 is 9.64 Å². The van der Waals surface area contributed by atoms with Crippen LogP contribution in [0.4, 0.5) is 0 Å². The minimum atomic E-state index is -3.91. The third-order valence-electron chi connectivity index (χ3n) is 3.71. The fraction of sp³-hybridized carbons (Fsp3) is 0.533. The molecule has 2 rings (SSSR count). The van der Waals surface area contributed by atoms with Crippen LogP contribution in [0.1, 0.15) is 13.8 Å². The third kappa shape index (κ3) is 4.40. The summed E-state index contributed by atoms with van der Waals surface area (Å²) in [4.78, 5) is 13.9. The SMILES string of the molecule is CC1CN(C(=O)CN(C)S(=O)(=O)c2cc(Cl)ccc2Cl)CC(C)O1. The number of nitrogens with zero attached hydrogens (tertiary/aromatic N) is 2. The molecule has 24 heavy (non-hydrogen) atoms. The molecule has 0 saturated carbocycles. The van der Waals surface area contributed by atoms with Crippen molar-refractivity contribution >= 4 is 39.1 Å². The molecule has 134 valence electrons. The molecule has 2 unspecified atom stereocenters. The molecule has 1 aromatic carbocycles. The van der Waals surface area contributed by atoms with E-state index in [1.54, 1.807) is 4.90 Å². The summed E-state index contributed by atoms with van der Waals surface area (Å²) in [5.74, 6) is -0.277. The van der Waals surface area contributed by atoms with Gasteiger partial charge in [-0.1, -0.05) is 23.2 Å². The summed E-state index contributed by atoms with van der Waals surface area (Å²) >= 11 is 11.8. The lowest BCUT2D eigenvalue weighted by atomic mass is 10.2. The van der Waals surface area contributed by atoms with E-state index in [-0.39, 0.29) is 39.6 Å². The monoisotopic (exact) mass is 394 g/mol. The van der Waals surface area contributed by atoms with E-state index in [2.05, 4.69) is 0 Å². The maximum absolute atomic E-state index is 12.6. The second-order valence-corrected chi connectivity index (χ2v) is 8.75. The Bertz CT molecular complexity index is 716. The first kappa shape index (κ1) is 19.5. The Hall–Kier alpha value is -0.860. The molecule has 2 atom stereocenters. The van der Waals surface area contributed by atoms with Gasteiger partial charge in [0.15, 0.2) is 0 Å². The van der Waals surface area contributed by atoms with Crippen molar-refractivity contribution in [2.75, 3.05) is 26.7 Å². The van der Waals surface area contributed by atoms with E-state index in [4.69, 9.17) is 27.9 Å². The van der Waals surface area contributed by atoms with Gasteiger partial charge in [0.2, 0.25) is 15.9 Å². The Balaban J connectivity index is 2.14. The molecule has 1 aliphatic heterocycles. The first-order valence-corrected chi connectivity index (χ1v) is 9.65. The minimum Gasteiger partial charge on any atom is -0.372 e. The van der Waals surface area contributed by atoms with Crippen LogP contribution in [0.15, 0.2) is 23.1 Å². The van der Waals surface area contributed by atoms with Gasteiger partial charge in [-0.3, -0.25) is 4.79 Å². The van der Waals surface area contributed by atoms with Crippen molar-refractivity contribution in [3.63, 3.8) is 0 Å². The lowest BCUT2D eigenvalue weighted by Gasteiger charge is -2.36. The van der Waals surface area contributed by atoms with Gasteiger partial charge in [0, 0.05) is 25.2 Å². The van der Waals surface area contributed by atoms with Gasteiger partial charge in [0.25, 0.3) is 0 Å². The summed E-state index contributed by atoms with van der Waals surface area (Å²) in [7, 11) is -2.57. The molecule has 1 aliphatic rings. The van der Waals surface area contributed by atoms with Gasteiger partial charge in [-0.2, -0.15) is 4.31 Å². The predicted octanol–water partition coefficient (Wildman–Crippen LogP) is 2.25. The van der Waals surface area contributed by atoms with Crippen LogP contribution in [0, 0.1) is 0 Å². The molecule has 1 aromatic rings. The van der Waals surface area contributed by atoms with Crippen LogP contribution in [0.25, 0.3) is 0 Å². The van der Waals surface area contributed by atoms with Crippen LogP contribution in [0.3, 0.4) is 0 Å². The molecular weight excluding hydrogens is 375 g/mol. The van der Waals surface area contributed by atoms with Crippen molar-refractivity contribution < 1.29 is 17.9 Å². The van der Waals surface area contributed by atoms with Gasteiger partial charge >= 0.3 is 0 Å². The standard InChI is InChI=1S/C15H20Cl2N2O4S/c1-10-7-19(8-11(2)23-10)15(20)9-18(3)24(21,22)14-6-12(16)4-5-13(14)17/h4-6,10-11H,7-9H2,1-3H3. The molecular formula is C15H20Cl2N2O4S. The zero-order chi connectivity index (χ0) is 18.1. The summed E-state index contributed by atoms with van der Waals surface area (Å²) in [6, 6.07) is 4.20. The van der Waals surface area contributed by atoms with Crippen molar-refractivity contribution in [3.05, 3.63) is 28.2 Å². The van der Waals surface area contributed by atoms with Crippen molar-refractivity contribution in [2.24, 2.45) is 0 Å². The summed E-state index contributed by atoms with van der Waals surface area (Å²) in [5.41, 5.74) is 0. The topological polar surface area (TPSA) is 66.9 Å². The Kier molecular flexibility index (Phi) is 6.14. The Labute approximate surface area is 152 Å². The van der Waals surface area contributed by atoms with Gasteiger partial charge in [-0.05, 0) is 32.0 Å². The highest BCUT2D eigenvalue weighted by Crippen LogP contribution is 2.27. The lowest BCUT2D eigenvalue weighted by molar-refractivity contribution is -0.143. The van der Waals surface area contributed by atoms with Crippen LogP contribution in [0.5, 0.6) is 0 Å². The molecule has 0 radical (unpaired) electrons. The number of benzene rings is 1. The van der Waals surface area contributed by atoms with Gasteiger partial charge in [0.05, 0.1) is 23.8 Å². The summed E-state index contributed by atoms with van der Waals surface area (Å²) in [6.45, 7) is 4.36. The first-order valence-electron chi connectivity index (χ1n) is 7.46. The molecule has 1 saturated heterocycles. The van der Waals surface area contributed by atoms with E-state index in [1.165, 1.54) is 25.2 Å². The number of morpholine rings is 1. The molecule has 0 aromatic heterocycles. The number of hydrogen-bond acceptors (Lipinski definition) is 4. The molecule has 6 nitrogen and oxygen atoms in total. The highest BCUT2D eigenvalue weighted by molar-refractivity contribution is 7.89. The number of rotatable bonds is 4. The Morgan fingerprint density at radius 3 is 2.46 bits per heavy atom. The van der Waals surface area contributed by atoms with E-state index in [9.17, 15) is 13.2 Å². The number of hydrogen-bond donors (Lipinski definition) is 0. The number of amides is 1. The van der Waals surface area contributed by atoms with Crippen LogP contribution >= 0.6 is 23.2 Å². The molecule has 1 fully saturated rings. The molecule has 9 heteroatoms. The number of halogens is 2. The highest BCUT2D eigenvalue weighted by atomic mass is 35.5. The zero-order valence-electron chi connectivity index (χ0n) is 13.7. The van der Waals surface area contributed by atoms with Crippen LogP contribution in [-0.2, 0) is 19.6 Å². The van der Waals surface area contributed by atoms with E-state index in [0.717, 1.165) is 4.31 Å². The summed E-state index contributed by atoms with van der Waals surface area (Å²) in [5, 5.41) is 0.320. The molecule has 0 bridgehead atoms. The number of ether oxygens (including phenoxy) is 1. The van der Waals surface area contributed by atoms with Crippen molar-refractivity contribution in [1.29, 1.82) is 0 Å². The normalized spacial score (nSPS) is 22.0. The molecule has 0 spiro atoms. The van der Waals surface area contributed by atoms with E-state index in [0.29, 0.717) is 13.1 Å². The Morgan fingerprint density at radius 1 is 1.29 bits per heavy atom. The molecule has 1 heterocycles. The highest BCUT2D eigenvalue weighted by Gasteiger charge is 2.30. The fourth-order valence-electron chi connectivity index (χ4n) is 2.60. The van der Waals surface area contributed by atoms with E-state index in [1.807, 2.05) is 13.8 Å². The van der Waals surface area contributed by atoms with Gasteiger partial charge in [0.1, 0.15) is 4.90 Å². The second kappa shape index (κ2) is 7.58. The van der Waals surface area contributed by atoms with Crippen LogP contribution in [0.2, 0.25) is 10.0 Å². The minimum absolute atomic E-state index is 0.0623. The summed E-state index contributed by atoms with van der Waals surface area (Å²) < 4.78 is 31.8. The van der Waals surface area contributed by atoms with E-state index >= 15 is 0 Å². The molecule has 1 amide bonds. The second-order valence-electron chi connectivity index (χ2n) is 5.89. The van der Waals surface area contributed by atoms with Gasteiger partial charge in [-0.25, -0.2) is 8.42 Å². The molecule has 0 aliphatic carbocycles. The Morgan fingerprint density at radius 2 is 1.88 bits per heavy atom. The number of carbonyl (C=O) groups excluding carboxylic acids is 1. The average molecular weight is 395 g/mol. The average Bonchev–Trinajstić information content (AvgIpc) is 2.48. The lowest BCUT2D eigenvalue weighted by Crippen LogP contribution is -2.51. The maximum Gasteiger partial charge on any atom is 0.244 e. The predicted molar refractivity (Wildman–Crippen MR) is 92.9 cm³/mol. The maximum atomic E-state index is 12.6. The van der Waals surface area contributed by atoms with Crippen molar-refractivity contribution in [1.82, 2.24) is 9.21 Å². The number of likely N-dealkylation sites (N-methyl/N-ethyl adjacent to an activating group) is 1. The largest absolute Gasteiger partial charge is 0.372 e. The van der Waals surface area contributed by atoms with Crippen LogP contribution in [-0.4, -0.2) is 62.4 Å². The summed E-state index contributed by atoms with van der Waals surface area (Å²) in [6.07, 6.45) is -0.163. The fourth-order valence-corrected chi connectivity index (χ4v) is 4.45. The van der Waals surface area contributed by atoms with Crippen molar-refractivity contribution in [2.45, 2.75) is 31.0 Å². The molecule has 0 N–H and O–H groups in total. The first-order chi connectivity index (χ1) is 11.1.